The maximum Gasteiger partial charge on any atom is 0.00303 e. The molecule has 0 aromatic rings. The van der Waals surface area contributed by atoms with Gasteiger partial charge in [-0.2, -0.15) is 0 Å². The lowest BCUT2D eigenvalue weighted by Crippen LogP contribution is -2.52. The highest BCUT2D eigenvalue weighted by molar-refractivity contribution is 5.73. The molecule has 0 radical (unpaired) electrons. The fourth-order valence-electron chi connectivity index (χ4n) is 7.39. The molecule has 76 valence electrons. The molecule has 0 N–H and O–H groups in total. The topological polar surface area (TPSA) is 0 Å². The summed E-state index contributed by atoms with van der Waals surface area (Å²) in [5.41, 5.74) is 9.88. The van der Waals surface area contributed by atoms with Crippen molar-refractivity contribution in [2.24, 2.45) is 22.2 Å². The molecule has 0 amide bonds. The van der Waals surface area contributed by atoms with Crippen molar-refractivity contribution in [1.29, 1.82) is 0 Å². The van der Waals surface area contributed by atoms with E-state index >= 15 is 0 Å². The summed E-state index contributed by atoms with van der Waals surface area (Å²) in [5, 5.41) is 0. The van der Waals surface area contributed by atoms with Crippen LogP contribution >= 0.6 is 0 Å². The predicted octanol–water partition coefficient (Wildman–Crippen LogP) is 3.60. The average molecular weight is 196 g/mol. The Morgan fingerprint density at radius 2 is 2.07 bits per heavy atom. The van der Waals surface area contributed by atoms with E-state index in [4.69, 9.17) is 0 Å². The largest absolute Gasteiger partial charge is 0.0618 e. The second-order valence-electron chi connectivity index (χ2n) is 7.54. The summed E-state index contributed by atoms with van der Waals surface area (Å²) < 4.78 is 0. The second-order valence-corrected chi connectivity index (χ2v) is 7.54. The molecular weight excluding hydrogens is 180 g/mol. The molecule has 0 saturated heterocycles. The summed E-state index contributed by atoms with van der Waals surface area (Å²) in [5.74, 6) is 1.08. The van der Waals surface area contributed by atoms with Gasteiger partial charge in [0.1, 0.15) is 0 Å². The van der Waals surface area contributed by atoms with E-state index < -0.39 is 0 Å². The third-order valence-electron chi connectivity index (χ3n) is 7.20. The van der Waals surface area contributed by atoms with E-state index in [1.165, 1.54) is 12.8 Å². The zero-order valence-corrected chi connectivity index (χ0v) is 9.32. The number of allylic oxidation sites excluding steroid dienone is 4. The zero-order valence-electron chi connectivity index (χ0n) is 9.32. The lowest BCUT2D eigenvalue weighted by molar-refractivity contribution is 0.0440. The Balaban J connectivity index is 1.92. The van der Waals surface area contributed by atoms with Gasteiger partial charge in [-0.15, -0.1) is 0 Å². The van der Waals surface area contributed by atoms with Crippen LogP contribution in [0.5, 0.6) is 0 Å². The van der Waals surface area contributed by atoms with Gasteiger partial charge in [-0.1, -0.05) is 18.1 Å². The minimum absolute atomic E-state index is 0.675. The monoisotopic (exact) mass is 196 g/mol. The van der Waals surface area contributed by atoms with E-state index in [2.05, 4.69) is 6.92 Å². The van der Waals surface area contributed by atoms with Crippen LogP contribution in [0.25, 0.3) is 0 Å². The Bertz CT molecular complexity index is 534. The summed E-state index contributed by atoms with van der Waals surface area (Å²) in [6.45, 7) is 2.61. The molecule has 0 heterocycles. The van der Waals surface area contributed by atoms with Gasteiger partial charge in [-0.25, -0.2) is 0 Å². The first kappa shape index (κ1) is 6.93. The first-order chi connectivity index (χ1) is 7.19. The van der Waals surface area contributed by atoms with Gasteiger partial charge in [0.15, 0.2) is 0 Å². The first-order valence-corrected chi connectivity index (χ1v) is 6.66. The van der Waals surface area contributed by atoms with Crippen LogP contribution in [0.3, 0.4) is 0 Å². The van der Waals surface area contributed by atoms with Crippen LogP contribution < -0.4 is 0 Å². The van der Waals surface area contributed by atoms with Crippen molar-refractivity contribution in [2.45, 2.75) is 45.4 Å². The molecule has 4 atom stereocenters. The van der Waals surface area contributed by atoms with Crippen LogP contribution in [0.15, 0.2) is 22.3 Å². The molecule has 6 aliphatic rings. The smallest absolute Gasteiger partial charge is 0.00303 e. The quantitative estimate of drug-likeness (QED) is 0.555. The molecule has 3 fully saturated rings. The van der Waals surface area contributed by atoms with Crippen molar-refractivity contribution >= 4 is 0 Å². The molecule has 0 aromatic heterocycles. The van der Waals surface area contributed by atoms with E-state index in [1.807, 2.05) is 22.3 Å². The summed E-state index contributed by atoms with van der Waals surface area (Å²) in [7, 11) is 0. The summed E-state index contributed by atoms with van der Waals surface area (Å²) in [6, 6.07) is 0. The minimum atomic E-state index is 0.675. The lowest BCUT2D eigenvalue weighted by atomic mass is 9.42. The van der Waals surface area contributed by atoms with Crippen molar-refractivity contribution in [2.75, 3.05) is 0 Å². The third kappa shape index (κ3) is 0.379. The molecule has 6 rings (SSSR count). The van der Waals surface area contributed by atoms with Crippen molar-refractivity contribution in [1.82, 2.24) is 0 Å². The summed E-state index contributed by atoms with van der Waals surface area (Å²) in [4.78, 5) is 0. The van der Waals surface area contributed by atoms with Crippen molar-refractivity contribution in [3.05, 3.63) is 22.3 Å². The van der Waals surface area contributed by atoms with Gasteiger partial charge in [0.25, 0.3) is 0 Å². The van der Waals surface area contributed by atoms with Gasteiger partial charge >= 0.3 is 0 Å². The predicted molar refractivity (Wildman–Crippen MR) is 58.2 cm³/mol. The maximum absolute atomic E-state index is 2.61. The van der Waals surface area contributed by atoms with Gasteiger partial charge in [-0.05, 0) is 61.0 Å². The molecule has 0 aliphatic heterocycles. The van der Waals surface area contributed by atoms with Crippen LogP contribution in [0, 0.1) is 22.2 Å². The molecule has 15 heavy (non-hydrogen) atoms. The number of hydrogen-bond donors (Lipinski definition) is 0. The standard InChI is InChI=1S/C15H16/c1-13-6-14-4-8-2-9-3-10(12(13)11(9)14)15(13,5-8)7-14/h8H,2-7H2,1H3. The normalized spacial score (nSPS) is 65.0. The average Bonchev–Trinajstić information content (AvgIpc) is 2.64. The van der Waals surface area contributed by atoms with Gasteiger partial charge in [-0.3, -0.25) is 0 Å². The molecule has 2 spiro atoms. The highest BCUT2D eigenvalue weighted by atomic mass is 14.8. The van der Waals surface area contributed by atoms with Gasteiger partial charge in [0.05, 0.1) is 0 Å². The second kappa shape index (κ2) is 1.42. The van der Waals surface area contributed by atoms with Crippen LogP contribution in [-0.4, -0.2) is 0 Å². The maximum atomic E-state index is 2.61. The fourth-order valence-corrected chi connectivity index (χ4v) is 7.39. The SMILES string of the molecule is CC12CC34CC5CC6=C3C1=C(C6)C2(C5)C4. The van der Waals surface area contributed by atoms with E-state index in [9.17, 15) is 0 Å². The number of fused-ring (bicyclic) bond motifs is 1. The molecule has 0 nitrogen and oxygen atoms in total. The number of hydrogen-bond acceptors (Lipinski definition) is 0. The van der Waals surface area contributed by atoms with Gasteiger partial charge < -0.3 is 0 Å². The van der Waals surface area contributed by atoms with Crippen molar-refractivity contribution in [3.63, 3.8) is 0 Å². The highest BCUT2D eigenvalue weighted by Gasteiger charge is 2.82. The fraction of sp³-hybridized carbons (Fsp3) is 0.733. The molecular formula is C15H16. The van der Waals surface area contributed by atoms with Crippen LogP contribution in [0.4, 0.5) is 0 Å². The van der Waals surface area contributed by atoms with Crippen molar-refractivity contribution < 1.29 is 0 Å². The number of rotatable bonds is 0. The Labute approximate surface area is 90.4 Å². The summed E-state index contributed by atoms with van der Waals surface area (Å²) in [6.07, 6.45) is 9.18. The zero-order chi connectivity index (χ0) is 9.63. The van der Waals surface area contributed by atoms with E-state index in [1.54, 1.807) is 25.7 Å². The van der Waals surface area contributed by atoms with E-state index in [0.29, 0.717) is 5.41 Å². The Hall–Kier alpha value is -0.520. The van der Waals surface area contributed by atoms with Gasteiger partial charge in [0, 0.05) is 10.8 Å². The van der Waals surface area contributed by atoms with E-state index in [0.717, 1.165) is 16.7 Å². The first-order valence-electron chi connectivity index (χ1n) is 6.66. The third-order valence-corrected chi connectivity index (χ3v) is 7.20. The van der Waals surface area contributed by atoms with Crippen LogP contribution in [0.2, 0.25) is 0 Å². The summed E-state index contributed by atoms with van der Waals surface area (Å²) >= 11 is 0. The lowest BCUT2D eigenvalue weighted by Gasteiger charge is -2.62. The molecule has 4 unspecified atom stereocenters. The molecule has 0 heteroatoms. The van der Waals surface area contributed by atoms with Crippen LogP contribution in [0.1, 0.15) is 45.4 Å². The minimum Gasteiger partial charge on any atom is -0.0618 e. The van der Waals surface area contributed by atoms with Gasteiger partial charge in [0.2, 0.25) is 0 Å². The van der Waals surface area contributed by atoms with E-state index in [-0.39, 0.29) is 0 Å². The van der Waals surface area contributed by atoms with Crippen LogP contribution in [-0.2, 0) is 0 Å². The van der Waals surface area contributed by atoms with Crippen molar-refractivity contribution in [3.8, 4) is 0 Å². The Kier molecular flexibility index (Phi) is 0.655. The molecule has 4 bridgehead atoms. The Morgan fingerprint density at radius 3 is 3.00 bits per heavy atom. The molecule has 3 saturated carbocycles. The highest BCUT2D eigenvalue weighted by Crippen LogP contribution is 2.92. The Morgan fingerprint density at radius 1 is 1.13 bits per heavy atom. The molecule has 0 aromatic carbocycles. The molecule has 6 aliphatic carbocycles.